The molecule has 182 valence electrons. The highest BCUT2D eigenvalue weighted by molar-refractivity contribution is 6.46. The summed E-state index contributed by atoms with van der Waals surface area (Å²) >= 11 is 0. The fourth-order valence-electron chi connectivity index (χ4n) is 4.27. The number of nitrogens with zero attached hydrogens (tertiary/aromatic N) is 3. The normalized spacial score (nSPS) is 17.1. The summed E-state index contributed by atoms with van der Waals surface area (Å²) in [5.41, 5.74) is 1.21. The van der Waals surface area contributed by atoms with E-state index in [0.29, 0.717) is 55.4 Å². The molecule has 0 saturated carbocycles. The van der Waals surface area contributed by atoms with Crippen LogP contribution in [0.5, 0.6) is 11.5 Å². The van der Waals surface area contributed by atoms with E-state index >= 15 is 0 Å². The van der Waals surface area contributed by atoms with Crippen molar-refractivity contribution in [1.82, 2.24) is 14.5 Å². The fraction of sp³-hybridized carbons (Fsp3) is 0.296. The molecule has 0 bridgehead atoms. The standard InChI is InChI=1S/C27H29N3O5/c1-3-34-21-11-9-19(10-12-21)25(31)23-24(20-7-5-8-22(17-20)35-4-2)30(27(33)26(23)32)15-6-14-29-16-13-28-18-29/h5,7-13,16-18,24,31H,3-4,6,14-15H2,1-2H3. The van der Waals surface area contributed by atoms with E-state index in [1.165, 1.54) is 4.90 Å². The molecule has 4 rings (SSSR count). The summed E-state index contributed by atoms with van der Waals surface area (Å²) in [7, 11) is 0. The van der Waals surface area contributed by atoms with E-state index in [0.717, 1.165) is 0 Å². The Kier molecular flexibility index (Phi) is 7.50. The Labute approximate surface area is 204 Å². The minimum absolute atomic E-state index is 0.0652. The monoisotopic (exact) mass is 475 g/mol. The van der Waals surface area contributed by atoms with Crippen LogP contribution in [0, 0.1) is 0 Å². The number of hydrogen-bond donors (Lipinski definition) is 1. The number of rotatable bonds is 10. The van der Waals surface area contributed by atoms with Gasteiger partial charge in [0, 0.05) is 31.0 Å². The van der Waals surface area contributed by atoms with Crippen molar-refractivity contribution in [1.29, 1.82) is 0 Å². The Morgan fingerprint density at radius 2 is 1.74 bits per heavy atom. The van der Waals surface area contributed by atoms with Gasteiger partial charge in [-0.15, -0.1) is 0 Å². The van der Waals surface area contributed by atoms with Gasteiger partial charge >= 0.3 is 0 Å². The minimum atomic E-state index is -0.732. The van der Waals surface area contributed by atoms with Crippen molar-refractivity contribution in [3.05, 3.63) is 84.0 Å². The molecule has 1 unspecified atom stereocenters. The Hall–Kier alpha value is -4.07. The molecule has 0 aliphatic carbocycles. The van der Waals surface area contributed by atoms with Gasteiger partial charge in [-0.25, -0.2) is 4.98 Å². The van der Waals surface area contributed by atoms with Crippen LogP contribution in [0.2, 0.25) is 0 Å². The lowest BCUT2D eigenvalue weighted by atomic mass is 9.95. The third kappa shape index (κ3) is 5.21. The average molecular weight is 476 g/mol. The first-order chi connectivity index (χ1) is 17.0. The van der Waals surface area contributed by atoms with Gasteiger partial charge in [-0.3, -0.25) is 9.59 Å². The zero-order valence-corrected chi connectivity index (χ0v) is 19.9. The van der Waals surface area contributed by atoms with Gasteiger partial charge in [0.05, 0.1) is 31.2 Å². The van der Waals surface area contributed by atoms with E-state index < -0.39 is 17.7 Å². The molecule has 1 saturated heterocycles. The van der Waals surface area contributed by atoms with Crippen LogP contribution < -0.4 is 9.47 Å². The number of aromatic nitrogens is 2. The molecule has 0 spiro atoms. The van der Waals surface area contributed by atoms with Gasteiger partial charge in [0.15, 0.2) is 0 Å². The maximum atomic E-state index is 13.2. The van der Waals surface area contributed by atoms with Crippen LogP contribution in [0.25, 0.3) is 5.76 Å². The van der Waals surface area contributed by atoms with Crippen LogP contribution in [0.1, 0.15) is 37.4 Å². The number of Topliss-reactive ketones (excluding diaryl/α,β-unsaturated/α-hetero) is 1. The molecule has 35 heavy (non-hydrogen) atoms. The van der Waals surface area contributed by atoms with Gasteiger partial charge in [0.1, 0.15) is 17.3 Å². The minimum Gasteiger partial charge on any atom is -0.507 e. The number of ether oxygens (including phenoxy) is 2. The first-order valence-electron chi connectivity index (χ1n) is 11.7. The zero-order chi connectivity index (χ0) is 24.8. The largest absolute Gasteiger partial charge is 0.507 e. The number of carbonyl (C=O) groups excluding carboxylic acids is 2. The number of ketones is 1. The van der Waals surface area contributed by atoms with Gasteiger partial charge < -0.3 is 24.0 Å². The summed E-state index contributed by atoms with van der Waals surface area (Å²) in [5.74, 6) is -0.254. The third-order valence-corrected chi connectivity index (χ3v) is 5.84. The lowest BCUT2D eigenvalue weighted by molar-refractivity contribution is -0.139. The first kappa shape index (κ1) is 24.1. The molecule has 1 aliphatic rings. The SMILES string of the molecule is CCOc1ccc(C(O)=C2C(=O)C(=O)N(CCCn3ccnc3)C2c2cccc(OCC)c2)cc1. The van der Waals surface area contributed by atoms with Crippen molar-refractivity contribution in [3.8, 4) is 11.5 Å². The average Bonchev–Trinajstić information content (AvgIpc) is 3.47. The quantitative estimate of drug-likeness (QED) is 0.268. The van der Waals surface area contributed by atoms with Crippen molar-refractivity contribution in [2.75, 3.05) is 19.8 Å². The highest BCUT2D eigenvalue weighted by atomic mass is 16.5. The summed E-state index contributed by atoms with van der Waals surface area (Å²) < 4.78 is 13.0. The Balaban J connectivity index is 1.72. The van der Waals surface area contributed by atoms with E-state index in [1.54, 1.807) is 36.8 Å². The molecule has 2 heterocycles. The van der Waals surface area contributed by atoms with E-state index in [2.05, 4.69) is 4.98 Å². The second-order valence-electron chi connectivity index (χ2n) is 8.11. The summed E-state index contributed by atoms with van der Waals surface area (Å²) in [6.07, 6.45) is 5.88. The lowest BCUT2D eigenvalue weighted by Crippen LogP contribution is -2.31. The predicted molar refractivity (Wildman–Crippen MR) is 131 cm³/mol. The maximum absolute atomic E-state index is 13.2. The Bertz CT molecular complexity index is 1200. The molecule has 3 aromatic rings. The number of aliphatic hydroxyl groups excluding tert-OH is 1. The van der Waals surface area contributed by atoms with Crippen molar-refractivity contribution < 1.29 is 24.2 Å². The van der Waals surface area contributed by atoms with Crippen LogP contribution in [-0.2, 0) is 16.1 Å². The number of hydrogen-bond acceptors (Lipinski definition) is 6. The number of aryl methyl sites for hydroxylation is 1. The molecular formula is C27H29N3O5. The number of imidazole rings is 1. The van der Waals surface area contributed by atoms with Crippen LogP contribution in [-0.4, -0.2) is 51.0 Å². The third-order valence-electron chi connectivity index (χ3n) is 5.84. The molecule has 1 amide bonds. The molecule has 2 aromatic carbocycles. The summed E-state index contributed by atoms with van der Waals surface area (Å²) in [6, 6.07) is 13.4. The second-order valence-corrected chi connectivity index (χ2v) is 8.11. The summed E-state index contributed by atoms with van der Waals surface area (Å²) in [6.45, 7) is 5.77. The summed E-state index contributed by atoms with van der Waals surface area (Å²) in [5, 5.41) is 11.2. The topological polar surface area (TPSA) is 93.9 Å². The number of likely N-dealkylation sites (tertiary alicyclic amines) is 1. The molecule has 1 N–H and O–H groups in total. The van der Waals surface area contributed by atoms with Crippen molar-refractivity contribution in [3.63, 3.8) is 0 Å². The molecular weight excluding hydrogens is 446 g/mol. The molecule has 8 nitrogen and oxygen atoms in total. The molecule has 8 heteroatoms. The van der Waals surface area contributed by atoms with Crippen LogP contribution in [0.4, 0.5) is 0 Å². The molecule has 1 atom stereocenters. The zero-order valence-electron chi connectivity index (χ0n) is 19.9. The van der Waals surface area contributed by atoms with E-state index in [-0.39, 0.29) is 11.3 Å². The van der Waals surface area contributed by atoms with Gasteiger partial charge in [0.25, 0.3) is 11.7 Å². The van der Waals surface area contributed by atoms with Gasteiger partial charge in [0.2, 0.25) is 0 Å². The van der Waals surface area contributed by atoms with Gasteiger partial charge in [-0.05, 0) is 62.2 Å². The number of benzene rings is 2. The molecule has 1 aromatic heterocycles. The van der Waals surface area contributed by atoms with Crippen LogP contribution >= 0.6 is 0 Å². The lowest BCUT2D eigenvalue weighted by Gasteiger charge is -2.25. The number of aliphatic hydroxyl groups is 1. The summed E-state index contributed by atoms with van der Waals surface area (Å²) in [4.78, 5) is 31.9. The molecule has 1 fully saturated rings. The smallest absolute Gasteiger partial charge is 0.295 e. The number of amides is 1. The van der Waals surface area contributed by atoms with E-state index in [4.69, 9.17) is 9.47 Å². The Morgan fingerprint density at radius 3 is 2.43 bits per heavy atom. The van der Waals surface area contributed by atoms with Gasteiger partial charge in [-0.2, -0.15) is 0 Å². The van der Waals surface area contributed by atoms with Gasteiger partial charge in [-0.1, -0.05) is 12.1 Å². The first-order valence-corrected chi connectivity index (χ1v) is 11.7. The highest BCUT2D eigenvalue weighted by Gasteiger charge is 2.45. The predicted octanol–water partition coefficient (Wildman–Crippen LogP) is 4.19. The van der Waals surface area contributed by atoms with E-state index in [1.807, 2.05) is 48.9 Å². The van der Waals surface area contributed by atoms with Crippen molar-refractivity contribution in [2.45, 2.75) is 32.9 Å². The Morgan fingerprint density at radius 1 is 1.00 bits per heavy atom. The van der Waals surface area contributed by atoms with Crippen molar-refractivity contribution in [2.24, 2.45) is 0 Å². The molecule has 1 aliphatic heterocycles. The maximum Gasteiger partial charge on any atom is 0.295 e. The van der Waals surface area contributed by atoms with Crippen LogP contribution in [0.3, 0.4) is 0 Å². The van der Waals surface area contributed by atoms with Crippen molar-refractivity contribution >= 4 is 17.4 Å². The highest BCUT2D eigenvalue weighted by Crippen LogP contribution is 2.40. The van der Waals surface area contributed by atoms with Crippen LogP contribution in [0.15, 0.2) is 72.8 Å². The molecule has 0 radical (unpaired) electrons. The second kappa shape index (κ2) is 10.9. The fourth-order valence-corrected chi connectivity index (χ4v) is 4.27. The van der Waals surface area contributed by atoms with E-state index in [9.17, 15) is 14.7 Å². The number of carbonyl (C=O) groups is 2.